The number of carbonyl (C=O) groups excluding carboxylic acids is 1. The van der Waals surface area contributed by atoms with Gasteiger partial charge < -0.3 is 20.1 Å². The van der Waals surface area contributed by atoms with E-state index in [1.807, 2.05) is 24.3 Å². The van der Waals surface area contributed by atoms with Crippen molar-refractivity contribution < 1.29 is 14.3 Å². The lowest BCUT2D eigenvalue weighted by Gasteiger charge is -2.30. The Morgan fingerprint density at radius 3 is 2.86 bits per heavy atom. The topological polar surface area (TPSA) is 64.8 Å². The third kappa shape index (κ3) is 2.27. The average molecular weight is 284 g/mol. The largest absolute Gasteiger partial charge is 0.496 e. The van der Waals surface area contributed by atoms with Gasteiger partial charge in [0.15, 0.2) is 0 Å². The highest BCUT2D eigenvalue weighted by atomic mass is 16.5. The molecule has 1 heterocycles. The standard InChI is InChI=1S/C16H16N2O3/c1-20-14-8-4-5-11(17)15(14)16(19)18-9-10-21-13-7-3-2-6-12(13)18/h2-8H,9-10,17H2,1H3. The summed E-state index contributed by atoms with van der Waals surface area (Å²) in [5.74, 6) is 0.996. The minimum absolute atomic E-state index is 0.180. The number of hydrogen-bond donors (Lipinski definition) is 1. The molecule has 1 aliphatic heterocycles. The van der Waals surface area contributed by atoms with Gasteiger partial charge in [-0.15, -0.1) is 0 Å². The van der Waals surface area contributed by atoms with Crippen molar-refractivity contribution in [2.75, 3.05) is 30.9 Å². The number of para-hydroxylation sites is 2. The van der Waals surface area contributed by atoms with Crippen molar-refractivity contribution in [2.45, 2.75) is 0 Å². The average Bonchev–Trinajstić information content (AvgIpc) is 2.53. The first-order valence-corrected chi connectivity index (χ1v) is 6.68. The Hall–Kier alpha value is -2.69. The van der Waals surface area contributed by atoms with Crippen LogP contribution in [0.5, 0.6) is 11.5 Å². The van der Waals surface area contributed by atoms with Gasteiger partial charge in [-0.25, -0.2) is 0 Å². The van der Waals surface area contributed by atoms with Gasteiger partial charge in [-0.2, -0.15) is 0 Å². The van der Waals surface area contributed by atoms with Crippen molar-refractivity contribution in [3.8, 4) is 11.5 Å². The molecule has 0 spiro atoms. The van der Waals surface area contributed by atoms with Gasteiger partial charge in [0.2, 0.25) is 0 Å². The number of carbonyl (C=O) groups is 1. The molecular formula is C16H16N2O3. The molecule has 0 aliphatic carbocycles. The minimum atomic E-state index is -0.180. The van der Waals surface area contributed by atoms with E-state index < -0.39 is 0 Å². The van der Waals surface area contributed by atoms with E-state index in [4.69, 9.17) is 15.2 Å². The maximum atomic E-state index is 12.9. The zero-order chi connectivity index (χ0) is 14.8. The first-order chi connectivity index (χ1) is 10.2. The number of amides is 1. The lowest BCUT2D eigenvalue weighted by Crippen LogP contribution is -2.38. The summed E-state index contributed by atoms with van der Waals surface area (Å²) < 4.78 is 10.8. The van der Waals surface area contributed by atoms with Crippen molar-refractivity contribution in [1.82, 2.24) is 0 Å². The van der Waals surface area contributed by atoms with Crippen molar-refractivity contribution in [1.29, 1.82) is 0 Å². The van der Waals surface area contributed by atoms with E-state index in [1.54, 1.807) is 23.1 Å². The number of rotatable bonds is 2. The predicted molar refractivity (Wildman–Crippen MR) is 81.0 cm³/mol. The quantitative estimate of drug-likeness (QED) is 0.860. The van der Waals surface area contributed by atoms with Crippen LogP contribution >= 0.6 is 0 Å². The van der Waals surface area contributed by atoms with Crippen molar-refractivity contribution in [3.05, 3.63) is 48.0 Å². The minimum Gasteiger partial charge on any atom is -0.496 e. The van der Waals surface area contributed by atoms with Gasteiger partial charge in [0.05, 0.1) is 19.3 Å². The SMILES string of the molecule is COc1cccc(N)c1C(=O)N1CCOc2ccccc21. The molecule has 108 valence electrons. The van der Waals surface area contributed by atoms with Crippen LogP contribution in [0.15, 0.2) is 42.5 Å². The molecule has 0 unspecified atom stereocenters. The van der Waals surface area contributed by atoms with Gasteiger partial charge in [-0.1, -0.05) is 18.2 Å². The number of nitrogens with two attached hydrogens (primary N) is 1. The van der Waals surface area contributed by atoms with Gasteiger partial charge in [0, 0.05) is 5.69 Å². The maximum absolute atomic E-state index is 12.9. The zero-order valence-corrected chi connectivity index (χ0v) is 11.7. The van der Waals surface area contributed by atoms with Gasteiger partial charge in [-0.3, -0.25) is 4.79 Å². The lowest BCUT2D eigenvalue weighted by molar-refractivity contribution is 0.0974. The first kappa shape index (κ1) is 13.3. The molecule has 0 bridgehead atoms. The van der Waals surface area contributed by atoms with E-state index in [0.717, 1.165) is 5.69 Å². The van der Waals surface area contributed by atoms with Gasteiger partial charge in [-0.05, 0) is 24.3 Å². The number of methoxy groups -OCH3 is 1. The van der Waals surface area contributed by atoms with Crippen LogP contribution in [-0.2, 0) is 0 Å². The molecule has 0 saturated heterocycles. The van der Waals surface area contributed by atoms with Crippen molar-refractivity contribution in [2.24, 2.45) is 0 Å². The molecule has 0 aromatic heterocycles. The summed E-state index contributed by atoms with van der Waals surface area (Å²) in [5, 5.41) is 0. The van der Waals surface area contributed by atoms with Crippen LogP contribution in [0.25, 0.3) is 0 Å². The molecule has 0 atom stereocenters. The van der Waals surface area contributed by atoms with E-state index in [-0.39, 0.29) is 5.91 Å². The molecule has 5 nitrogen and oxygen atoms in total. The second-order valence-corrected chi connectivity index (χ2v) is 4.70. The molecule has 5 heteroatoms. The second kappa shape index (κ2) is 5.36. The summed E-state index contributed by atoms with van der Waals surface area (Å²) in [5.41, 5.74) is 7.51. The highest BCUT2D eigenvalue weighted by molar-refractivity contribution is 6.12. The third-order valence-corrected chi connectivity index (χ3v) is 3.47. The Balaban J connectivity index is 2.05. The monoisotopic (exact) mass is 284 g/mol. The Bertz CT molecular complexity index is 685. The summed E-state index contributed by atoms with van der Waals surface area (Å²) in [4.78, 5) is 14.5. The van der Waals surface area contributed by atoms with Crippen LogP contribution in [0.4, 0.5) is 11.4 Å². The molecule has 0 radical (unpaired) electrons. The Labute approximate surface area is 122 Å². The van der Waals surface area contributed by atoms with Crippen molar-refractivity contribution >= 4 is 17.3 Å². The van der Waals surface area contributed by atoms with Crippen LogP contribution in [-0.4, -0.2) is 26.2 Å². The molecule has 21 heavy (non-hydrogen) atoms. The Morgan fingerprint density at radius 2 is 2.05 bits per heavy atom. The molecule has 1 aliphatic rings. The second-order valence-electron chi connectivity index (χ2n) is 4.70. The molecule has 0 saturated carbocycles. The van der Waals surface area contributed by atoms with Gasteiger partial charge in [0.25, 0.3) is 5.91 Å². The Morgan fingerprint density at radius 1 is 1.24 bits per heavy atom. The molecular weight excluding hydrogens is 268 g/mol. The summed E-state index contributed by atoms with van der Waals surface area (Å²) in [6.07, 6.45) is 0. The van der Waals surface area contributed by atoms with Crippen LogP contribution in [0.2, 0.25) is 0 Å². The zero-order valence-electron chi connectivity index (χ0n) is 11.7. The van der Waals surface area contributed by atoms with E-state index in [2.05, 4.69) is 0 Å². The third-order valence-electron chi connectivity index (χ3n) is 3.47. The van der Waals surface area contributed by atoms with Crippen molar-refractivity contribution in [3.63, 3.8) is 0 Å². The highest BCUT2D eigenvalue weighted by Gasteiger charge is 2.27. The molecule has 0 fully saturated rings. The smallest absolute Gasteiger partial charge is 0.264 e. The van der Waals surface area contributed by atoms with Crippen LogP contribution in [0, 0.1) is 0 Å². The van der Waals surface area contributed by atoms with E-state index in [1.165, 1.54) is 7.11 Å². The molecule has 2 aromatic rings. The number of nitrogens with zero attached hydrogens (tertiary/aromatic N) is 1. The fourth-order valence-electron chi connectivity index (χ4n) is 2.46. The normalized spacial score (nSPS) is 13.3. The number of ether oxygens (including phenoxy) is 2. The molecule has 3 rings (SSSR count). The first-order valence-electron chi connectivity index (χ1n) is 6.68. The number of fused-ring (bicyclic) bond motifs is 1. The fraction of sp³-hybridized carbons (Fsp3) is 0.188. The lowest BCUT2D eigenvalue weighted by atomic mass is 10.1. The summed E-state index contributed by atoms with van der Waals surface area (Å²) in [6, 6.07) is 12.7. The summed E-state index contributed by atoms with van der Waals surface area (Å²) in [7, 11) is 1.53. The molecule has 2 aromatic carbocycles. The fourth-order valence-corrected chi connectivity index (χ4v) is 2.46. The van der Waals surface area contributed by atoms with Gasteiger partial charge >= 0.3 is 0 Å². The van der Waals surface area contributed by atoms with Crippen LogP contribution < -0.4 is 20.1 Å². The van der Waals surface area contributed by atoms with E-state index >= 15 is 0 Å². The number of nitrogen functional groups attached to an aromatic ring is 1. The summed E-state index contributed by atoms with van der Waals surface area (Å²) >= 11 is 0. The van der Waals surface area contributed by atoms with E-state index in [9.17, 15) is 4.79 Å². The number of benzene rings is 2. The Kier molecular flexibility index (Phi) is 3.39. The van der Waals surface area contributed by atoms with Crippen LogP contribution in [0.1, 0.15) is 10.4 Å². The molecule has 2 N–H and O–H groups in total. The summed E-state index contributed by atoms with van der Waals surface area (Å²) in [6.45, 7) is 0.936. The molecule has 1 amide bonds. The van der Waals surface area contributed by atoms with Gasteiger partial charge in [0.1, 0.15) is 23.7 Å². The number of anilines is 2. The van der Waals surface area contributed by atoms with E-state index in [0.29, 0.717) is 35.9 Å². The predicted octanol–water partition coefficient (Wildman–Crippen LogP) is 2.32. The van der Waals surface area contributed by atoms with Crippen LogP contribution in [0.3, 0.4) is 0 Å². The number of hydrogen-bond acceptors (Lipinski definition) is 4. The highest BCUT2D eigenvalue weighted by Crippen LogP contribution is 2.34. The maximum Gasteiger partial charge on any atom is 0.264 e.